The number of pyridine rings is 1. The molecule has 3 aromatic heterocycles. The normalized spacial score (nSPS) is 11.7. The van der Waals surface area contributed by atoms with Crippen LogP contribution in [0.15, 0.2) is 46.9 Å². The Morgan fingerprint density at radius 3 is 2.77 bits per heavy atom. The molecular weight excluding hydrogens is 376 g/mol. The predicted molar refractivity (Wildman–Crippen MR) is 95.9 cm³/mol. The van der Waals surface area contributed by atoms with Gasteiger partial charge in [-0.1, -0.05) is 5.10 Å². The highest BCUT2D eigenvalue weighted by atomic mass is 33.1. The Balaban J connectivity index is 1.64. The zero-order chi connectivity index (χ0) is 18.1. The van der Waals surface area contributed by atoms with E-state index in [-0.39, 0.29) is 5.56 Å². The molecule has 0 aliphatic carbocycles. The number of ether oxygens (including phenoxy) is 1. The molecule has 0 fully saturated rings. The van der Waals surface area contributed by atoms with Gasteiger partial charge in [-0.2, -0.15) is 9.67 Å². The van der Waals surface area contributed by atoms with Gasteiger partial charge in [0.1, 0.15) is 0 Å². The van der Waals surface area contributed by atoms with Gasteiger partial charge < -0.3 is 9.84 Å². The Morgan fingerprint density at radius 2 is 2.04 bits per heavy atom. The largest absolute Gasteiger partial charge is 0.481 e. The van der Waals surface area contributed by atoms with Gasteiger partial charge in [-0.3, -0.25) is 0 Å². The van der Waals surface area contributed by atoms with E-state index in [2.05, 4.69) is 24.9 Å². The number of rotatable bonds is 5. The average molecular weight is 387 g/mol. The second-order valence-corrected chi connectivity index (χ2v) is 8.09. The first-order valence-corrected chi connectivity index (χ1v) is 9.87. The first-order valence-electron chi connectivity index (χ1n) is 7.29. The fourth-order valence-corrected chi connectivity index (χ4v) is 5.04. The molecule has 26 heavy (non-hydrogen) atoms. The fourth-order valence-electron chi connectivity index (χ4n) is 2.20. The van der Waals surface area contributed by atoms with Gasteiger partial charge in [0.05, 0.1) is 23.7 Å². The second kappa shape index (κ2) is 6.69. The van der Waals surface area contributed by atoms with E-state index < -0.39 is 15.7 Å². The van der Waals surface area contributed by atoms with Crippen molar-refractivity contribution in [1.82, 2.24) is 29.6 Å². The van der Waals surface area contributed by atoms with Gasteiger partial charge in [-0.05, 0) is 45.1 Å². The first-order chi connectivity index (χ1) is 12.6. The third-order valence-electron chi connectivity index (χ3n) is 3.45. The van der Waals surface area contributed by atoms with Crippen LogP contribution in [0.25, 0.3) is 16.7 Å². The first kappa shape index (κ1) is 16.4. The molecule has 0 aliphatic heterocycles. The maximum absolute atomic E-state index is 11.0. The van der Waals surface area contributed by atoms with Gasteiger partial charge in [-0.25, -0.2) is 4.79 Å². The molecule has 3 heterocycles. The third kappa shape index (κ3) is 3.09. The van der Waals surface area contributed by atoms with Gasteiger partial charge in [0.2, 0.25) is 22.3 Å². The van der Waals surface area contributed by atoms with E-state index in [4.69, 9.17) is 9.84 Å². The predicted octanol–water partition coefficient (Wildman–Crippen LogP) is 2.62. The van der Waals surface area contributed by atoms with Crippen LogP contribution in [-0.4, -0.2) is 47.8 Å². The number of carboxylic acid groups (broad SMARTS) is 1. The van der Waals surface area contributed by atoms with Crippen LogP contribution in [0.1, 0.15) is 10.4 Å². The van der Waals surface area contributed by atoms with Crippen LogP contribution in [0.2, 0.25) is 0 Å². The zero-order valence-corrected chi connectivity index (χ0v) is 14.9. The van der Waals surface area contributed by atoms with Crippen molar-refractivity contribution in [3.05, 3.63) is 47.3 Å². The summed E-state index contributed by atoms with van der Waals surface area (Å²) in [6.45, 7) is 0. The molecule has 1 aromatic carbocycles. The quantitative estimate of drug-likeness (QED) is 0.407. The summed E-state index contributed by atoms with van der Waals surface area (Å²) in [7, 11) is 2.44. The summed E-state index contributed by atoms with van der Waals surface area (Å²) in [4.78, 5) is 15.3. The summed E-state index contributed by atoms with van der Waals surface area (Å²) in [6.07, 6.45) is 0. The molecule has 9 nitrogen and oxygen atoms in total. The van der Waals surface area contributed by atoms with E-state index in [0.717, 1.165) is 5.39 Å². The Hall–Kier alpha value is -3.05. The summed E-state index contributed by atoms with van der Waals surface area (Å²) in [5, 5.41) is 24.2. The standard InChI is InChI=1S/C15H10N6O3S2/c1-24-12-7-4-10-8-26(18-13(10)16-12)25-15-17-19-20-21(15)11-5-2-9(3-6-11)14(22)23/h2-8H,1H3/p+1. The van der Waals surface area contributed by atoms with Crippen LogP contribution >= 0.6 is 20.5 Å². The topological polar surface area (TPSA) is 116 Å². The molecule has 4 rings (SSSR count). The smallest absolute Gasteiger partial charge is 0.335 e. The highest BCUT2D eigenvalue weighted by molar-refractivity contribution is 8.44. The molecular formula is C15H11N6O3S2+. The number of aromatic nitrogens is 6. The van der Waals surface area contributed by atoms with Gasteiger partial charge in [0.25, 0.3) is 5.16 Å². The summed E-state index contributed by atoms with van der Waals surface area (Å²) >= 11 is 0. The monoisotopic (exact) mass is 387 g/mol. The molecule has 0 spiro atoms. The molecule has 0 aliphatic rings. The van der Waals surface area contributed by atoms with Crippen molar-refractivity contribution in [3.63, 3.8) is 0 Å². The Morgan fingerprint density at radius 1 is 1.23 bits per heavy atom. The van der Waals surface area contributed by atoms with Crippen molar-refractivity contribution in [1.29, 1.82) is 0 Å². The number of nitrogens with zero attached hydrogens (tertiary/aromatic N) is 6. The van der Waals surface area contributed by atoms with Crippen LogP contribution < -0.4 is 4.74 Å². The molecule has 0 saturated carbocycles. The molecule has 4 aromatic rings. The van der Waals surface area contributed by atoms with E-state index in [9.17, 15) is 4.79 Å². The van der Waals surface area contributed by atoms with Crippen molar-refractivity contribution < 1.29 is 14.6 Å². The Kier molecular flexibility index (Phi) is 4.22. The third-order valence-corrected chi connectivity index (χ3v) is 6.31. The average Bonchev–Trinajstić information content (AvgIpc) is 3.27. The number of hydrogen-bond donors (Lipinski definition) is 1. The van der Waals surface area contributed by atoms with Crippen molar-refractivity contribution in [2.45, 2.75) is 5.16 Å². The van der Waals surface area contributed by atoms with Crippen LogP contribution in [0.4, 0.5) is 0 Å². The van der Waals surface area contributed by atoms with Crippen LogP contribution in [0.3, 0.4) is 0 Å². The Labute approximate surface area is 153 Å². The maximum atomic E-state index is 11.0. The maximum Gasteiger partial charge on any atom is 0.335 e. The number of carbonyl (C=O) groups is 1. The van der Waals surface area contributed by atoms with Crippen molar-refractivity contribution in [2.75, 3.05) is 7.11 Å². The summed E-state index contributed by atoms with van der Waals surface area (Å²) in [5.74, 6) is -0.468. The Bertz CT molecular complexity index is 1090. The van der Waals surface area contributed by atoms with E-state index in [1.807, 2.05) is 11.4 Å². The van der Waals surface area contributed by atoms with E-state index in [1.165, 1.54) is 22.9 Å². The molecule has 1 atom stereocenters. The number of tetrazole rings is 1. The van der Waals surface area contributed by atoms with Gasteiger partial charge >= 0.3 is 5.97 Å². The van der Waals surface area contributed by atoms with Gasteiger partial charge in [0.15, 0.2) is 15.1 Å². The van der Waals surface area contributed by atoms with Crippen LogP contribution in [-0.2, 0) is 0 Å². The summed E-state index contributed by atoms with van der Waals surface area (Å²) in [6, 6.07) is 10.0. The molecule has 130 valence electrons. The van der Waals surface area contributed by atoms with Crippen molar-refractivity contribution in [2.24, 2.45) is 0 Å². The van der Waals surface area contributed by atoms with E-state index in [0.29, 0.717) is 22.4 Å². The number of fused-ring (bicyclic) bond motifs is 1. The SMILES string of the molecule is COc1ccc2c[s+](Sc3nnnn3-c3ccc(C(=O)O)cc3)nc2n1. The van der Waals surface area contributed by atoms with Crippen LogP contribution in [0, 0.1) is 0 Å². The summed E-state index contributed by atoms with van der Waals surface area (Å²) in [5.41, 5.74) is 1.50. The molecule has 1 N–H and O–H groups in total. The van der Waals surface area contributed by atoms with E-state index in [1.54, 1.807) is 30.0 Å². The minimum atomic E-state index is -0.982. The minimum Gasteiger partial charge on any atom is -0.481 e. The number of hydrogen-bond acceptors (Lipinski definition) is 8. The lowest BCUT2D eigenvalue weighted by molar-refractivity contribution is 0.0697. The van der Waals surface area contributed by atoms with Gasteiger partial charge in [-0.15, -0.1) is 0 Å². The second-order valence-electron chi connectivity index (χ2n) is 5.06. The minimum absolute atomic E-state index is 0.201. The highest BCUT2D eigenvalue weighted by Gasteiger charge is 2.22. The molecule has 0 bridgehead atoms. The van der Waals surface area contributed by atoms with Gasteiger partial charge in [0, 0.05) is 6.07 Å². The summed E-state index contributed by atoms with van der Waals surface area (Å²) < 4.78 is 11.2. The number of methoxy groups -OCH3 is 1. The van der Waals surface area contributed by atoms with Crippen molar-refractivity contribution in [3.8, 4) is 11.6 Å². The molecule has 1 unspecified atom stereocenters. The highest BCUT2D eigenvalue weighted by Crippen LogP contribution is 2.38. The number of aromatic carboxylic acids is 1. The van der Waals surface area contributed by atoms with E-state index >= 15 is 0 Å². The zero-order valence-electron chi connectivity index (χ0n) is 13.3. The molecule has 0 radical (unpaired) electrons. The lowest BCUT2D eigenvalue weighted by Crippen LogP contribution is -2.00. The number of carboxylic acids is 1. The number of benzene rings is 1. The molecule has 0 saturated heterocycles. The lowest BCUT2D eigenvalue weighted by Gasteiger charge is -2.01. The lowest BCUT2D eigenvalue weighted by atomic mass is 10.2. The fraction of sp³-hybridized carbons (Fsp3) is 0.0667. The van der Waals surface area contributed by atoms with Crippen LogP contribution in [0.5, 0.6) is 5.88 Å². The van der Waals surface area contributed by atoms with Crippen molar-refractivity contribution >= 4 is 37.5 Å². The molecule has 11 heteroatoms. The molecule has 0 amide bonds.